The van der Waals surface area contributed by atoms with Crippen molar-refractivity contribution in [1.82, 2.24) is 0 Å². The van der Waals surface area contributed by atoms with Crippen LogP contribution in [0.2, 0.25) is 15.1 Å². The highest BCUT2D eigenvalue weighted by atomic mass is 35.5. The first-order valence-electron chi connectivity index (χ1n) is 10.7. The molecule has 4 rings (SSSR count). The van der Waals surface area contributed by atoms with Crippen LogP contribution in [-0.2, 0) is 4.79 Å². The summed E-state index contributed by atoms with van der Waals surface area (Å²) in [5.41, 5.74) is 2.66. The van der Waals surface area contributed by atoms with E-state index in [1.165, 1.54) is 19.2 Å². The molecule has 2 atom stereocenters. The van der Waals surface area contributed by atoms with Crippen LogP contribution in [0.5, 0.6) is 5.75 Å². The fraction of sp³-hybridized carbons (Fsp3) is 0.200. The summed E-state index contributed by atoms with van der Waals surface area (Å²) >= 11 is 31.7. The predicted molar refractivity (Wildman–Crippen MR) is 148 cm³/mol. The average molecular weight is 588 g/mol. The number of rotatable bonds is 7. The number of nitrogens with one attached hydrogen (secondary N) is 3. The quantitative estimate of drug-likeness (QED) is 0.251. The maximum absolute atomic E-state index is 13.1. The second-order valence-electron chi connectivity index (χ2n) is 8.11. The lowest BCUT2D eigenvalue weighted by Crippen LogP contribution is -2.18. The smallest absolute Gasteiger partial charge is 0.257 e. The van der Waals surface area contributed by atoms with Gasteiger partial charge in [0.05, 0.1) is 33.7 Å². The van der Waals surface area contributed by atoms with Crippen LogP contribution in [-0.4, -0.2) is 30.3 Å². The number of carbonyl (C=O) groups is 2. The number of benzene rings is 3. The van der Waals surface area contributed by atoms with E-state index >= 15 is 0 Å². The number of alkyl halides is 2. The molecule has 0 spiro atoms. The summed E-state index contributed by atoms with van der Waals surface area (Å²) in [5, 5.41) is 9.35. The van der Waals surface area contributed by atoms with Crippen LogP contribution in [0.3, 0.4) is 0 Å². The average Bonchev–Trinajstić information content (AvgIpc) is 3.42. The van der Waals surface area contributed by atoms with Gasteiger partial charge in [0.1, 0.15) is 4.33 Å². The molecule has 0 aromatic heterocycles. The number of halogens is 5. The molecule has 0 bridgehead atoms. The minimum atomic E-state index is -1.36. The summed E-state index contributed by atoms with van der Waals surface area (Å²) in [6.07, 6.45) is 0. The lowest BCUT2D eigenvalue weighted by molar-refractivity contribution is -0.117. The first kappa shape index (κ1) is 26.7. The van der Waals surface area contributed by atoms with Gasteiger partial charge in [-0.3, -0.25) is 9.59 Å². The zero-order valence-electron chi connectivity index (χ0n) is 19.0. The number of hydrogen-bond donors (Lipinski definition) is 3. The maximum atomic E-state index is 13.1. The summed E-state index contributed by atoms with van der Waals surface area (Å²) in [6, 6.07) is 15.0. The highest BCUT2D eigenvalue weighted by Crippen LogP contribution is 2.65. The van der Waals surface area contributed by atoms with Crippen LogP contribution in [0.4, 0.5) is 17.1 Å². The summed E-state index contributed by atoms with van der Waals surface area (Å²) < 4.78 is 3.81. The van der Waals surface area contributed by atoms with E-state index < -0.39 is 28.0 Å². The van der Waals surface area contributed by atoms with Crippen molar-refractivity contribution < 1.29 is 14.3 Å². The number of hydrogen-bond acceptors (Lipinski definition) is 4. The number of carbonyl (C=O) groups excluding carboxylic acids is 2. The normalized spacial score (nSPS) is 17.8. The van der Waals surface area contributed by atoms with Crippen molar-refractivity contribution in [3.8, 4) is 5.75 Å². The van der Waals surface area contributed by atoms with Crippen molar-refractivity contribution in [1.29, 1.82) is 0 Å². The Labute approximate surface area is 233 Å². The van der Waals surface area contributed by atoms with Gasteiger partial charge < -0.3 is 20.7 Å². The summed E-state index contributed by atoms with van der Waals surface area (Å²) in [7, 11) is 3.25. The number of ether oxygens (including phenoxy) is 1. The molecule has 0 saturated heterocycles. The molecule has 3 aromatic carbocycles. The maximum Gasteiger partial charge on any atom is 0.257 e. The fourth-order valence-electron chi connectivity index (χ4n) is 3.94. The molecule has 0 unspecified atom stereocenters. The van der Waals surface area contributed by atoms with Gasteiger partial charge in [-0.05, 0) is 60.2 Å². The second-order valence-corrected chi connectivity index (χ2v) is 10.8. The Hall–Kier alpha value is -2.35. The summed E-state index contributed by atoms with van der Waals surface area (Å²) in [4.78, 5) is 25.9. The molecule has 0 radical (unpaired) electrons. The molecule has 3 N–H and O–H groups in total. The standard InChI is InChI=1S/C25H20Cl5N3O3/c1-31-13-3-5-14(6-4-13)32-23(34)16-11-15(7-8-17(16)26)33-24(35)21-20(25(21,29)30)12-9-18(27)22(36-2)19(28)10-12/h3-11,20-21,31H,1-2H3,(H,32,34)(H,33,35)/t20-,21+/m1/s1. The van der Waals surface area contributed by atoms with Gasteiger partial charge in [-0.1, -0.05) is 34.8 Å². The van der Waals surface area contributed by atoms with Crippen LogP contribution < -0.4 is 20.7 Å². The molecule has 0 aliphatic heterocycles. The van der Waals surface area contributed by atoms with Crippen molar-refractivity contribution in [3.05, 3.63) is 80.8 Å². The zero-order chi connectivity index (χ0) is 26.2. The Bertz CT molecular complexity index is 1310. The molecule has 11 heteroatoms. The molecule has 1 saturated carbocycles. The third-order valence-corrected chi connectivity index (χ3v) is 7.66. The first-order chi connectivity index (χ1) is 17.1. The van der Waals surface area contributed by atoms with Gasteiger partial charge in [0.2, 0.25) is 5.91 Å². The predicted octanol–water partition coefficient (Wildman–Crippen LogP) is 7.48. The van der Waals surface area contributed by atoms with Crippen LogP contribution in [0.1, 0.15) is 21.8 Å². The van der Waals surface area contributed by atoms with E-state index in [1.807, 2.05) is 12.1 Å². The lowest BCUT2D eigenvalue weighted by atomic mass is 10.1. The van der Waals surface area contributed by atoms with Crippen molar-refractivity contribution in [2.75, 3.05) is 30.1 Å². The SMILES string of the molecule is CNc1ccc(NC(=O)c2cc(NC(=O)[C@@H]3[C@@H](c4cc(Cl)c(OC)c(Cl)c4)C3(Cl)Cl)ccc2Cl)cc1. The van der Waals surface area contributed by atoms with Crippen molar-refractivity contribution in [3.63, 3.8) is 0 Å². The monoisotopic (exact) mass is 585 g/mol. The summed E-state index contributed by atoms with van der Waals surface area (Å²) in [5.74, 6) is -1.85. The molecule has 6 nitrogen and oxygen atoms in total. The molecule has 1 aliphatic carbocycles. The van der Waals surface area contributed by atoms with Gasteiger partial charge in [-0.15, -0.1) is 23.2 Å². The number of anilines is 3. The van der Waals surface area contributed by atoms with Gasteiger partial charge >= 0.3 is 0 Å². The first-order valence-corrected chi connectivity index (χ1v) is 12.6. The minimum absolute atomic E-state index is 0.191. The van der Waals surface area contributed by atoms with E-state index in [4.69, 9.17) is 62.7 Å². The Morgan fingerprint density at radius 2 is 1.42 bits per heavy atom. The minimum Gasteiger partial charge on any atom is -0.494 e. The fourth-order valence-corrected chi connectivity index (χ4v) is 5.63. The van der Waals surface area contributed by atoms with Crippen LogP contribution in [0.25, 0.3) is 0 Å². The molecular weight excluding hydrogens is 568 g/mol. The van der Waals surface area contributed by atoms with E-state index in [-0.39, 0.29) is 20.6 Å². The van der Waals surface area contributed by atoms with Gasteiger partial charge in [0.25, 0.3) is 5.91 Å². The van der Waals surface area contributed by atoms with Crippen LogP contribution >= 0.6 is 58.0 Å². The van der Waals surface area contributed by atoms with E-state index in [0.717, 1.165) is 5.69 Å². The topological polar surface area (TPSA) is 79.5 Å². The molecule has 1 fully saturated rings. The van der Waals surface area contributed by atoms with Gasteiger partial charge in [0, 0.05) is 30.0 Å². The van der Waals surface area contributed by atoms with E-state index in [1.54, 1.807) is 37.4 Å². The van der Waals surface area contributed by atoms with Crippen molar-refractivity contribution in [2.24, 2.45) is 5.92 Å². The Balaban J connectivity index is 1.50. The molecule has 0 heterocycles. The van der Waals surface area contributed by atoms with Gasteiger partial charge in [0.15, 0.2) is 5.75 Å². The highest BCUT2D eigenvalue weighted by molar-refractivity contribution is 6.53. The van der Waals surface area contributed by atoms with E-state index in [9.17, 15) is 9.59 Å². The van der Waals surface area contributed by atoms with Crippen LogP contribution in [0, 0.1) is 5.92 Å². The molecule has 36 heavy (non-hydrogen) atoms. The third kappa shape index (κ3) is 5.34. The van der Waals surface area contributed by atoms with Gasteiger partial charge in [-0.25, -0.2) is 0 Å². The molecule has 188 valence electrons. The van der Waals surface area contributed by atoms with E-state index in [2.05, 4.69) is 16.0 Å². The summed E-state index contributed by atoms with van der Waals surface area (Å²) in [6.45, 7) is 0. The highest BCUT2D eigenvalue weighted by Gasteiger charge is 2.67. The Kier molecular flexibility index (Phi) is 7.83. The molecule has 3 aromatic rings. The van der Waals surface area contributed by atoms with Gasteiger partial charge in [-0.2, -0.15) is 0 Å². The largest absolute Gasteiger partial charge is 0.494 e. The molecular formula is C25H20Cl5N3O3. The number of methoxy groups -OCH3 is 1. The lowest BCUT2D eigenvalue weighted by Gasteiger charge is -2.11. The van der Waals surface area contributed by atoms with E-state index in [0.29, 0.717) is 22.7 Å². The van der Waals surface area contributed by atoms with Crippen molar-refractivity contribution in [2.45, 2.75) is 10.3 Å². The third-order valence-electron chi connectivity index (χ3n) is 5.83. The van der Waals surface area contributed by atoms with Crippen LogP contribution in [0.15, 0.2) is 54.6 Å². The second kappa shape index (κ2) is 10.6. The molecule has 1 aliphatic rings. The zero-order valence-corrected chi connectivity index (χ0v) is 22.7. The number of amides is 2. The molecule has 2 amide bonds. The Morgan fingerprint density at radius 1 is 0.833 bits per heavy atom. The van der Waals surface area contributed by atoms with Crippen molar-refractivity contribution >= 4 is 86.9 Å². The Morgan fingerprint density at radius 3 is 2.00 bits per heavy atom.